The maximum Gasteiger partial charge on any atom is 0.346 e. The fraction of sp³-hybridized carbons (Fsp3) is 0.0667. The molecule has 0 amide bonds. The van der Waals surface area contributed by atoms with E-state index in [9.17, 15) is 9.59 Å². The molecule has 0 unspecified atom stereocenters. The zero-order chi connectivity index (χ0) is 13.4. The predicted molar refractivity (Wildman–Crippen MR) is 70.7 cm³/mol. The van der Waals surface area contributed by atoms with Crippen molar-refractivity contribution in [1.82, 2.24) is 0 Å². The number of benzene rings is 2. The Morgan fingerprint density at radius 2 is 1.53 bits per heavy atom. The molecule has 0 saturated heterocycles. The monoisotopic (exact) mass is 253 g/mol. The van der Waals surface area contributed by atoms with E-state index in [1.54, 1.807) is 18.2 Å². The van der Waals surface area contributed by atoms with Gasteiger partial charge >= 0.3 is 11.9 Å². The summed E-state index contributed by atoms with van der Waals surface area (Å²) in [5.74, 6) is -1.16. The zero-order valence-electron chi connectivity index (χ0n) is 10.3. The standard InChI is InChI=1S/C15H11NO3/c1-16(10-5-3-2-4-6-10)11-7-8-12-13(9-11)15(18)19-14(12)17/h2-9H,1H3. The van der Waals surface area contributed by atoms with Crippen LogP contribution in [0.15, 0.2) is 48.5 Å². The van der Waals surface area contributed by atoms with Crippen molar-refractivity contribution in [3.8, 4) is 0 Å². The summed E-state index contributed by atoms with van der Waals surface area (Å²) in [6.07, 6.45) is 0. The van der Waals surface area contributed by atoms with Crippen molar-refractivity contribution in [2.45, 2.75) is 0 Å². The lowest BCUT2D eigenvalue weighted by Crippen LogP contribution is -2.10. The summed E-state index contributed by atoms with van der Waals surface area (Å²) in [7, 11) is 1.90. The van der Waals surface area contributed by atoms with Crippen LogP contribution in [0.25, 0.3) is 0 Å². The van der Waals surface area contributed by atoms with Gasteiger partial charge < -0.3 is 9.64 Å². The summed E-state index contributed by atoms with van der Waals surface area (Å²) in [5, 5.41) is 0. The smallest absolute Gasteiger partial charge is 0.346 e. The Bertz CT molecular complexity index is 664. The molecule has 4 heteroatoms. The number of cyclic esters (lactones) is 2. The zero-order valence-corrected chi connectivity index (χ0v) is 10.3. The Kier molecular flexibility index (Phi) is 2.56. The highest BCUT2D eigenvalue weighted by Crippen LogP contribution is 2.28. The van der Waals surface area contributed by atoms with Gasteiger partial charge in [-0.15, -0.1) is 0 Å². The molecule has 0 atom stereocenters. The number of anilines is 2. The first kappa shape index (κ1) is 11.5. The number of esters is 2. The van der Waals surface area contributed by atoms with E-state index in [0.717, 1.165) is 11.4 Å². The van der Waals surface area contributed by atoms with Crippen molar-refractivity contribution in [2.75, 3.05) is 11.9 Å². The van der Waals surface area contributed by atoms with Gasteiger partial charge in [0.1, 0.15) is 0 Å². The van der Waals surface area contributed by atoms with Crippen LogP contribution in [0.5, 0.6) is 0 Å². The molecule has 1 heterocycles. The highest BCUT2D eigenvalue weighted by atomic mass is 16.6. The van der Waals surface area contributed by atoms with Gasteiger partial charge in [0.2, 0.25) is 0 Å². The third-order valence-electron chi connectivity index (χ3n) is 3.16. The molecule has 0 N–H and O–H groups in total. The largest absolute Gasteiger partial charge is 0.386 e. The molecule has 0 radical (unpaired) electrons. The number of carbonyl (C=O) groups excluding carboxylic acids is 2. The molecule has 4 nitrogen and oxygen atoms in total. The lowest BCUT2D eigenvalue weighted by Gasteiger charge is -2.19. The number of hydrogen-bond donors (Lipinski definition) is 0. The highest BCUT2D eigenvalue weighted by Gasteiger charge is 2.29. The Hall–Kier alpha value is -2.62. The van der Waals surface area contributed by atoms with Crippen molar-refractivity contribution in [1.29, 1.82) is 0 Å². The van der Waals surface area contributed by atoms with Gasteiger partial charge in [0.15, 0.2) is 0 Å². The van der Waals surface area contributed by atoms with Crippen LogP contribution in [0.4, 0.5) is 11.4 Å². The van der Waals surface area contributed by atoms with Crippen LogP contribution in [0.1, 0.15) is 20.7 Å². The van der Waals surface area contributed by atoms with E-state index in [2.05, 4.69) is 4.74 Å². The van der Waals surface area contributed by atoms with Crippen LogP contribution in [-0.2, 0) is 4.74 Å². The van der Waals surface area contributed by atoms with Gasteiger partial charge in [-0.05, 0) is 30.3 Å². The molecule has 2 aromatic carbocycles. The van der Waals surface area contributed by atoms with Gasteiger partial charge in [-0.3, -0.25) is 0 Å². The van der Waals surface area contributed by atoms with Crippen LogP contribution in [0.2, 0.25) is 0 Å². The molecule has 1 aliphatic rings. The highest BCUT2D eigenvalue weighted by molar-refractivity contribution is 6.15. The van der Waals surface area contributed by atoms with Crippen molar-refractivity contribution in [3.63, 3.8) is 0 Å². The molecule has 2 aromatic rings. The van der Waals surface area contributed by atoms with E-state index in [-0.39, 0.29) is 0 Å². The summed E-state index contributed by atoms with van der Waals surface area (Å²) < 4.78 is 4.58. The SMILES string of the molecule is CN(c1ccccc1)c1ccc2c(c1)C(=O)OC2=O. The van der Waals surface area contributed by atoms with Gasteiger partial charge in [0, 0.05) is 18.4 Å². The van der Waals surface area contributed by atoms with Crippen LogP contribution in [0.3, 0.4) is 0 Å². The number of rotatable bonds is 2. The molecule has 0 spiro atoms. The normalized spacial score (nSPS) is 13.1. The van der Waals surface area contributed by atoms with E-state index in [1.165, 1.54) is 0 Å². The Morgan fingerprint density at radius 1 is 0.842 bits per heavy atom. The van der Waals surface area contributed by atoms with E-state index < -0.39 is 11.9 Å². The summed E-state index contributed by atoms with van der Waals surface area (Å²) in [5.41, 5.74) is 2.48. The number of carbonyl (C=O) groups is 2. The lowest BCUT2D eigenvalue weighted by atomic mass is 10.1. The number of nitrogens with zero attached hydrogens (tertiary/aromatic N) is 1. The van der Waals surface area contributed by atoms with Crippen molar-refractivity contribution in [2.24, 2.45) is 0 Å². The molecule has 0 fully saturated rings. The third-order valence-corrected chi connectivity index (χ3v) is 3.16. The maximum absolute atomic E-state index is 11.5. The number of fused-ring (bicyclic) bond motifs is 1. The minimum atomic E-state index is -0.580. The Labute approximate surface area is 110 Å². The second-order valence-electron chi connectivity index (χ2n) is 4.30. The summed E-state index contributed by atoms with van der Waals surface area (Å²) in [6, 6.07) is 14.9. The average Bonchev–Trinajstić information content (AvgIpc) is 2.74. The Balaban J connectivity index is 2.02. The Morgan fingerprint density at radius 3 is 2.26 bits per heavy atom. The molecular weight excluding hydrogens is 242 g/mol. The lowest BCUT2D eigenvalue weighted by molar-refractivity contribution is 0.0444. The molecule has 0 aromatic heterocycles. The summed E-state index contributed by atoms with van der Waals surface area (Å²) >= 11 is 0. The first-order chi connectivity index (χ1) is 9.16. The topological polar surface area (TPSA) is 46.6 Å². The number of ether oxygens (including phenoxy) is 1. The summed E-state index contributed by atoms with van der Waals surface area (Å²) in [4.78, 5) is 24.8. The summed E-state index contributed by atoms with van der Waals surface area (Å²) in [6.45, 7) is 0. The van der Waals surface area contributed by atoms with Gasteiger partial charge in [-0.25, -0.2) is 9.59 Å². The molecular formula is C15H11NO3. The van der Waals surface area contributed by atoms with Crippen LogP contribution >= 0.6 is 0 Å². The van der Waals surface area contributed by atoms with E-state index >= 15 is 0 Å². The third kappa shape index (κ3) is 1.87. The van der Waals surface area contributed by atoms with Gasteiger partial charge in [-0.2, -0.15) is 0 Å². The second-order valence-corrected chi connectivity index (χ2v) is 4.30. The van der Waals surface area contributed by atoms with E-state index in [1.807, 2.05) is 42.3 Å². The molecule has 3 rings (SSSR count). The minimum Gasteiger partial charge on any atom is -0.386 e. The maximum atomic E-state index is 11.5. The van der Waals surface area contributed by atoms with Crippen LogP contribution in [-0.4, -0.2) is 19.0 Å². The fourth-order valence-electron chi connectivity index (χ4n) is 2.08. The molecule has 0 aliphatic carbocycles. The first-order valence-electron chi connectivity index (χ1n) is 5.86. The molecule has 0 saturated carbocycles. The molecule has 94 valence electrons. The van der Waals surface area contributed by atoms with E-state index in [0.29, 0.717) is 11.1 Å². The average molecular weight is 253 g/mol. The predicted octanol–water partition coefficient (Wildman–Crippen LogP) is 2.77. The number of hydrogen-bond acceptors (Lipinski definition) is 4. The number of para-hydroxylation sites is 1. The second kappa shape index (κ2) is 4.24. The van der Waals surface area contributed by atoms with Gasteiger partial charge in [0.25, 0.3) is 0 Å². The van der Waals surface area contributed by atoms with Gasteiger partial charge in [0.05, 0.1) is 11.1 Å². The fourth-order valence-corrected chi connectivity index (χ4v) is 2.08. The van der Waals surface area contributed by atoms with E-state index in [4.69, 9.17) is 0 Å². The quantitative estimate of drug-likeness (QED) is 0.610. The van der Waals surface area contributed by atoms with Gasteiger partial charge in [-0.1, -0.05) is 18.2 Å². The minimum absolute atomic E-state index is 0.324. The van der Waals surface area contributed by atoms with Crippen LogP contribution < -0.4 is 4.90 Å². The molecule has 0 bridgehead atoms. The molecule has 1 aliphatic heterocycles. The van der Waals surface area contributed by atoms with Crippen LogP contribution in [0, 0.1) is 0 Å². The van der Waals surface area contributed by atoms with Crippen molar-refractivity contribution >= 4 is 23.3 Å². The first-order valence-corrected chi connectivity index (χ1v) is 5.86. The van der Waals surface area contributed by atoms with Crippen molar-refractivity contribution < 1.29 is 14.3 Å². The van der Waals surface area contributed by atoms with Crippen molar-refractivity contribution in [3.05, 3.63) is 59.7 Å². The molecule has 19 heavy (non-hydrogen) atoms.